The number of para-hydroxylation sites is 3. The second kappa shape index (κ2) is 10.3. The van der Waals surface area contributed by atoms with Crippen molar-refractivity contribution in [2.45, 2.75) is 0 Å². The molecule has 1 N–H and O–H groups in total. The normalized spacial score (nSPS) is 11.6. The van der Waals surface area contributed by atoms with Gasteiger partial charge >= 0.3 is 0 Å². The Hall–Kier alpha value is -6.06. The minimum Gasteiger partial charge on any atom is -0.456 e. The number of hydrogen-bond acceptors (Lipinski definition) is 2. The molecular weight excluding hydrogens is 548 g/mol. The maximum absolute atomic E-state index is 6.35. The number of furan rings is 1. The van der Waals surface area contributed by atoms with Crippen LogP contribution in [0.15, 0.2) is 168 Å². The average Bonchev–Trinajstić information content (AvgIpc) is 3.63. The van der Waals surface area contributed by atoms with E-state index in [4.69, 9.17) is 4.42 Å². The van der Waals surface area contributed by atoms with Crippen molar-refractivity contribution in [2.75, 3.05) is 5.32 Å². The van der Waals surface area contributed by atoms with E-state index in [1.807, 2.05) is 18.2 Å². The minimum atomic E-state index is 0.906. The topological polar surface area (TPSA) is 30.1 Å². The van der Waals surface area contributed by atoms with Crippen molar-refractivity contribution < 1.29 is 4.42 Å². The van der Waals surface area contributed by atoms with Crippen LogP contribution in [0.2, 0.25) is 0 Å². The van der Waals surface area contributed by atoms with E-state index >= 15 is 0 Å². The first-order valence-corrected chi connectivity index (χ1v) is 15.3. The summed E-state index contributed by atoms with van der Waals surface area (Å²) in [5.74, 6) is 0. The zero-order valence-corrected chi connectivity index (χ0v) is 24.4. The molecule has 0 radical (unpaired) electrons. The Morgan fingerprint density at radius 2 is 1.09 bits per heavy atom. The van der Waals surface area contributed by atoms with Crippen molar-refractivity contribution in [3.8, 4) is 27.9 Å². The van der Waals surface area contributed by atoms with Crippen LogP contribution < -0.4 is 5.32 Å². The van der Waals surface area contributed by atoms with E-state index in [2.05, 4.69) is 155 Å². The highest BCUT2D eigenvalue weighted by molar-refractivity contribution is 6.17. The van der Waals surface area contributed by atoms with Gasteiger partial charge in [0.25, 0.3) is 0 Å². The molecule has 0 bridgehead atoms. The molecule has 0 saturated heterocycles. The van der Waals surface area contributed by atoms with Crippen LogP contribution in [0, 0.1) is 0 Å². The molecule has 7 aromatic carbocycles. The Bertz CT molecular complexity index is 2490. The standard InChI is InChI=1S/C42H28N2O/c1-4-12-28(13-5-1)34-24-29(20-22-38(34)43-31-14-6-2-7-15-31)30-21-23-39-35(25-30)36-27-42-37(33-18-10-11-19-41(33)45-42)26-40(36)44(39)32-16-8-3-9-17-32/h1-27,43H. The van der Waals surface area contributed by atoms with Gasteiger partial charge in [-0.15, -0.1) is 0 Å². The molecule has 3 heteroatoms. The summed E-state index contributed by atoms with van der Waals surface area (Å²) in [4.78, 5) is 0. The fourth-order valence-electron chi connectivity index (χ4n) is 6.64. The van der Waals surface area contributed by atoms with Gasteiger partial charge in [-0.2, -0.15) is 0 Å². The van der Waals surface area contributed by atoms with Gasteiger partial charge in [0, 0.05) is 44.2 Å². The van der Waals surface area contributed by atoms with Crippen molar-refractivity contribution in [3.05, 3.63) is 164 Å². The molecule has 2 heterocycles. The Morgan fingerprint density at radius 3 is 1.91 bits per heavy atom. The van der Waals surface area contributed by atoms with Gasteiger partial charge in [-0.05, 0) is 83.4 Å². The third-order valence-corrected chi connectivity index (χ3v) is 8.77. The molecule has 212 valence electrons. The van der Waals surface area contributed by atoms with E-state index in [1.165, 1.54) is 38.5 Å². The molecule has 0 unspecified atom stereocenters. The van der Waals surface area contributed by atoms with Crippen LogP contribution in [0.25, 0.3) is 71.7 Å². The van der Waals surface area contributed by atoms with E-state index < -0.39 is 0 Å². The number of aromatic nitrogens is 1. The Morgan fingerprint density at radius 1 is 0.422 bits per heavy atom. The molecule has 3 nitrogen and oxygen atoms in total. The van der Waals surface area contributed by atoms with Crippen LogP contribution in [0.4, 0.5) is 11.4 Å². The van der Waals surface area contributed by atoms with Crippen LogP contribution in [0.3, 0.4) is 0 Å². The second-order valence-electron chi connectivity index (χ2n) is 11.5. The molecular formula is C42H28N2O. The molecule has 45 heavy (non-hydrogen) atoms. The second-order valence-corrected chi connectivity index (χ2v) is 11.5. The largest absolute Gasteiger partial charge is 0.456 e. The zero-order valence-electron chi connectivity index (χ0n) is 24.4. The summed E-state index contributed by atoms with van der Waals surface area (Å²) in [6.07, 6.45) is 0. The first kappa shape index (κ1) is 25.4. The summed E-state index contributed by atoms with van der Waals surface area (Å²) < 4.78 is 8.72. The van der Waals surface area contributed by atoms with Crippen LogP contribution in [-0.4, -0.2) is 4.57 Å². The first-order chi connectivity index (χ1) is 22.3. The minimum absolute atomic E-state index is 0.906. The van der Waals surface area contributed by atoms with Gasteiger partial charge in [-0.3, -0.25) is 0 Å². The fourth-order valence-corrected chi connectivity index (χ4v) is 6.64. The summed E-state index contributed by atoms with van der Waals surface area (Å²) in [5, 5.41) is 8.28. The summed E-state index contributed by atoms with van der Waals surface area (Å²) >= 11 is 0. The maximum atomic E-state index is 6.35. The third-order valence-electron chi connectivity index (χ3n) is 8.77. The molecule has 9 aromatic rings. The van der Waals surface area contributed by atoms with Gasteiger partial charge in [-0.1, -0.05) is 97.1 Å². The van der Waals surface area contributed by atoms with Crippen LogP contribution in [-0.2, 0) is 0 Å². The number of benzene rings is 7. The summed E-state index contributed by atoms with van der Waals surface area (Å²) in [6, 6.07) is 57.9. The first-order valence-electron chi connectivity index (χ1n) is 15.3. The van der Waals surface area contributed by atoms with E-state index in [0.29, 0.717) is 0 Å². The van der Waals surface area contributed by atoms with Gasteiger partial charge in [0.15, 0.2) is 0 Å². The molecule has 0 amide bonds. The zero-order chi connectivity index (χ0) is 29.7. The summed E-state index contributed by atoms with van der Waals surface area (Å²) in [6.45, 7) is 0. The number of hydrogen-bond donors (Lipinski definition) is 1. The lowest BCUT2D eigenvalue weighted by Crippen LogP contribution is -1.94. The summed E-state index contributed by atoms with van der Waals surface area (Å²) in [7, 11) is 0. The molecule has 9 rings (SSSR count). The van der Waals surface area contributed by atoms with Crippen molar-refractivity contribution in [1.29, 1.82) is 0 Å². The van der Waals surface area contributed by atoms with Gasteiger partial charge in [0.2, 0.25) is 0 Å². The van der Waals surface area contributed by atoms with Crippen molar-refractivity contribution in [1.82, 2.24) is 4.57 Å². The van der Waals surface area contributed by atoms with Crippen molar-refractivity contribution in [2.24, 2.45) is 0 Å². The SMILES string of the molecule is c1ccc(Nc2ccc(-c3ccc4c(c3)c3cc5oc6ccccc6c5cc3n4-c3ccccc3)cc2-c2ccccc2)cc1. The van der Waals surface area contributed by atoms with E-state index in [1.54, 1.807) is 0 Å². The molecule has 0 spiro atoms. The highest BCUT2D eigenvalue weighted by Crippen LogP contribution is 2.41. The fraction of sp³-hybridized carbons (Fsp3) is 0. The van der Waals surface area contributed by atoms with Crippen LogP contribution in [0.5, 0.6) is 0 Å². The lowest BCUT2D eigenvalue weighted by atomic mass is 9.96. The number of nitrogens with one attached hydrogen (secondary N) is 1. The summed E-state index contributed by atoms with van der Waals surface area (Å²) in [5.41, 5.74) is 12.1. The van der Waals surface area contributed by atoms with Gasteiger partial charge in [-0.25, -0.2) is 0 Å². The molecule has 0 aliphatic carbocycles. The van der Waals surface area contributed by atoms with Crippen molar-refractivity contribution >= 4 is 55.1 Å². The van der Waals surface area contributed by atoms with Gasteiger partial charge < -0.3 is 14.3 Å². The Labute approximate surface area is 260 Å². The Kier molecular flexibility index (Phi) is 5.82. The Balaban J connectivity index is 1.26. The molecule has 0 aliphatic rings. The average molecular weight is 577 g/mol. The van der Waals surface area contributed by atoms with Crippen LogP contribution in [0.1, 0.15) is 0 Å². The molecule has 0 fully saturated rings. The van der Waals surface area contributed by atoms with Gasteiger partial charge in [0.1, 0.15) is 11.2 Å². The monoisotopic (exact) mass is 576 g/mol. The lowest BCUT2D eigenvalue weighted by Gasteiger charge is -2.15. The molecule has 0 atom stereocenters. The predicted octanol–water partition coefficient (Wildman–Crippen LogP) is 11.8. The quantitative estimate of drug-likeness (QED) is 0.221. The smallest absolute Gasteiger partial charge is 0.136 e. The van der Waals surface area contributed by atoms with Crippen molar-refractivity contribution in [3.63, 3.8) is 0 Å². The van der Waals surface area contributed by atoms with E-state index in [0.717, 1.165) is 44.6 Å². The number of nitrogens with zero attached hydrogens (tertiary/aromatic N) is 1. The predicted molar refractivity (Wildman–Crippen MR) is 189 cm³/mol. The van der Waals surface area contributed by atoms with E-state index in [9.17, 15) is 0 Å². The number of fused-ring (bicyclic) bond motifs is 6. The van der Waals surface area contributed by atoms with Crippen LogP contribution >= 0.6 is 0 Å². The molecule has 0 aliphatic heterocycles. The highest BCUT2D eigenvalue weighted by atomic mass is 16.3. The highest BCUT2D eigenvalue weighted by Gasteiger charge is 2.17. The number of anilines is 2. The third kappa shape index (κ3) is 4.29. The van der Waals surface area contributed by atoms with E-state index in [-0.39, 0.29) is 0 Å². The molecule has 2 aromatic heterocycles. The number of rotatable bonds is 5. The van der Waals surface area contributed by atoms with Gasteiger partial charge in [0.05, 0.1) is 11.0 Å². The maximum Gasteiger partial charge on any atom is 0.136 e. The lowest BCUT2D eigenvalue weighted by molar-refractivity contribution is 0.669. The molecule has 0 saturated carbocycles.